The van der Waals surface area contributed by atoms with Gasteiger partial charge >= 0.3 is 0 Å². The van der Waals surface area contributed by atoms with Gasteiger partial charge in [-0.05, 0) is 25.5 Å². The Labute approximate surface area is 118 Å². The number of nitrogens with one attached hydrogen (secondary N) is 1. The Balaban J connectivity index is 1.69. The molecule has 0 saturated carbocycles. The first-order valence-electron chi connectivity index (χ1n) is 6.44. The molecule has 1 heterocycles. The summed E-state index contributed by atoms with van der Waals surface area (Å²) >= 11 is 1.70. The van der Waals surface area contributed by atoms with Gasteiger partial charge in [-0.15, -0.1) is 0 Å². The van der Waals surface area contributed by atoms with Crippen molar-refractivity contribution < 1.29 is 0 Å². The van der Waals surface area contributed by atoms with E-state index in [2.05, 4.69) is 39.6 Å². The molecule has 0 amide bonds. The molecular formula is C15H19N3S. The molecule has 0 saturated heterocycles. The first-order valence-corrected chi connectivity index (χ1v) is 7.42. The third kappa shape index (κ3) is 5.01. The van der Waals surface area contributed by atoms with Crippen LogP contribution in [-0.2, 0) is 6.54 Å². The van der Waals surface area contributed by atoms with E-state index in [1.807, 2.05) is 26.0 Å². The summed E-state index contributed by atoms with van der Waals surface area (Å²) in [7, 11) is 0. The summed E-state index contributed by atoms with van der Waals surface area (Å²) in [5, 5.41) is 4.30. The highest BCUT2D eigenvalue weighted by molar-refractivity contribution is 7.99. The molecule has 0 radical (unpaired) electrons. The van der Waals surface area contributed by atoms with Gasteiger partial charge in [-0.1, -0.05) is 42.1 Å². The molecule has 3 nitrogen and oxygen atoms in total. The maximum atomic E-state index is 4.41. The van der Waals surface area contributed by atoms with Crippen molar-refractivity contribution in [3.8, 4) is 0 Å². The van der Waals surface area contributed by atoms with Gasteiger partial charge < -0.3 is 5.32 Å². The van der Waals surface area contributed by atoms with Crippen molar-refractivity contribution in [1.82, 2.24) is 15.3 Å². The van der Waals surface area contributed by atoms with Crippen LogP contribution in [0, 0.1) is 13.8 Å². The molecule has 2 rings (SSSR count). The first kappa shape index (κ1) is 14.0. The molecule has 1 aromatic carbocycles. The van der Waals surface area contributed by atoms with Crippen LogP contribution in [0.25, 0.3) is 0 Å². The van der Waals surface area contributed by atoms with Crippen LogP contribution in [0.3, 0.4) is 0 Å². The van der Waals surface area contributed by atoms with Crippen LogP contribution in [0.2, 0.25) is 0 Å². The van der Waals surface area contributed by atoms with Gasteiger partial charge in [0.15, 0.2) is 5.16 Å². The number of aromatic nitrogens is 2. The standard InChI is InChI=1S/C15H19N3S/c1-12-10-13(2)18-15(17-12)19-9-8-16-11-14-6-4-3-5-7-14/h3-7,10,16H,8-9,11H2,1-2H3. The quantitative estimate of drug-likeness (QED) is 0.499. The summed E-state index contributed by atoms with van der Waals surface area (Å²) in [6, 6.07) is 12.4. The molecule has 0 fully saturated rings. The fraction of sp³-hybridized carbons (Fsp3) is 0.333. The number of hydrogen-bond acceptors (Lipinski definition) is 4. The van der Waals surface area contributed by atoms with Crippen molar-refractivity contribution in [3.63, 3.8) is 0 Å². The van der Waals surface area contributed by atoms with Crippen molar-refractivity contribution in [2.75, 3.05) is 12.3 Å². The Morgan fingerprint density at radius 1 is 1.05 bits per heavy atom. The number of thioether (sulfide) groups is 1. The molecule has 0 unspecified atom stereocenters. The van der Waals surface area contributed by atoms with E-state index in [4.69, 9.17) is 0 Å². The predicted molar refractivity (Wildman–Crippen MR) is 80.4 cm³/mol. The van der Waals surface area contributed by atoms with Crippen molar-refractivity contribution in [1.29, 1.82) is 0 Å². The van der Waals surface area contributed by atoms with E-state index in [9.17, 15) is 0 Å². The largest absolute Gasteiger partial charge is 0.312 e. The molecule has 0 spiro atoms. The lowest BCUT2D eigenvalue weighted by molar-refractivity contribution is 0.731. The van der Waals surface area contributed by atoms with Crippen LogP contribution in [0.15, 0.2) is 41.6 Å². The van der Waals surface area contributed by atoms with Gasteiger partial charge in [0.1, 0.15) is 0 Å². The third-order valence-corrected chi connectivity index (χ3v) is 3.49. The summed E-state index contributed by atoms with van der Waals surface area (Å²) in [6.45, 7) is 5.88. The second-order valence-electron chi connectivity index (χ2n) is 4.44. The smallest absolute Gasteiger partial charge is 0.188 e. The van der Waals surface area contributed by atoms with Crippen molar-refractivity contribution in [2.45, 2.75) is 25.5 Å². The predicted octanol–water partition coefficient (Wildman–Crippen LogP) is 2.98. The van der Waals surface area contributed by atoms with Crippen molar-refractivity contribution >= 4 is 11.8 Å². The molecule has 19 heavy (non-hydrogen) atoms. The highest BCUT2D eigenvalue weighted by Crippen LogP contribution is 2.13. The summed E-state index contributed by atoms with van der Waals surface area (Å²) in [5.41, 5.74) is 3.38. The Hall–Kier alpha value is -1.39. The number of hydrogen-bond donors (Lipinski definition) is 1. The lowest BCUT2D eigenvalue weighted by Gasteiger charge is -2.05. The molecule has 1 aromatic heterocycles. The maximum absolute atomic E-state index is 4.41. The Morgan fingerprint density at radius 2 is 1.74 bits per heavy atom. The highest BCUT2D eigenvalue weighted by Gasteiger charge is 2.00. The normalized spacial score (nSPS) is 10.6. The SMILES string of the molecule is Cc1cc(C)nc(SCCNCc2ccccc2)n1. The van der Waals surface area contributed by atoms with Crippen LogP contribution in [0.4, 0.5) is 0 Å². The van der Waals surface area contributed by atoms with Gasteiger partial charge in [0.2, 0.25) is 0 Å². The summed E-state index contributed by atoms with van der Waals surface area (Å²) in [5.74, 6) is 0.982. The summed E-state index contributed by atoms with van der Waals surface area (Å²) in [4.78, 5) is 8.83. The minimum atomic E-state index is 0.874. The van der Waals surface area contributed by atoms with E-state index in [0.717, 1.165) is 35.4 Å². The zero-order valence-electron chi connectivity index (χ0n) is 11.4. The summed E-state index contributed by atoms with van der Waals surface area (Å²) in [6.07, 6.45) is 0. The fourth-order valence-electron chi connectivity index (χ4n) is 1.80. The van der Waals surface area contributed by atoms with E-state index >= 15 is 0 Å². The van der Waals surface area contributed by atoms with Gasteiger partial charge in [-0.3, -0.25) is 0 Å². The van der Waals surface area contributed by atoms with E-state index in [1.165, 1.54) is 5.56 Å². The molecule has 0 aliphatic carbocycles. The monoisotopic (exact) mass is 273 g/mol. The molecular weight excluding hydrogens is 254 g/mol. The third-order valence-electron chi connectivity index (χ3n) is 2.64. The zero-order valence-corrected chi connectivity index (χ0v) is 12.2. The summed E-state index contributed by atoms with van der Waals surface area (Å²) < 4.78 is 0. The van der Waals surface area contributed by atoms with Crippen LogP contribution >= 0.6 is 11.8 Å². The van der Waals surface area contributed by atoms with Crippen LogP contribution in [-0.4, -0.2) is 22.3 Å². The number of benzene rings is 1. The molecule has 2 aromatic rings. The van der Waals surface area contributed by atoms with Crippen LogP contribution in [0.1, 0.15) is 17.0 Å². The van der Waals surface area contributed by atoms with Gasteiger partial charge in [0, 0.05) is 30.2 Å². The average Bonchev–Trinajstić information content (AvgIpc) is 2.38. The molecule has 0 bridgehead atoms. The van der Waals surface area contributed by atoms with Gasteiger partial charge in [0.05, 0.1) is 0 Å². The van der Waals surface area contributed by atoms with Crippen LogP contribution in [0.5, 0.6) is 0 Å². The lowest BCUT2D eigenvalue weighted by atomic mass is 10.2. The van der Waals surface area contributed by atoms with Crippen molar-refractivity contribution in [3.05, 3.63) is 53.3 Å². The number of aryl methyl sites for hydroxylation is 2. The second-order valence-corrected chi connectivity index (χ2v) is 5.51. The van der Waals surface area contributed by atoms with E-state index in [1.54, 1.807) is 11.8 Å². The minimum Gasteiger partial charge on any atom is -0.312 e. The fourth-order valence-corrected chi connectivity index (χ4v) is 2.65. The molecule has 1 N–H and O–H groups in total. The van der Waals surface area contributed by atoms with Crippen LogP contribution < -0.4 is 5.32 Å². The van der Waals surface area contributed by atoms with E-state index in [0.29, 0.717) is 0 Å². The van der Waals surface area contributed by atoms with Gasteiger partial charge in [0.25, 0.3) is 0 Å². The Morgan fingerprint density at radius 3 is 2.42 bits per heavy atom. The second kappa shape index (κ2) is 7.26. The first-order chi connectivity index (χ1) is 9.24. The Bertz CT molecular complexity index is 494. The minimum absolute atomic E-state index is 0.874. The zero-order chi connectivity index (χ0) is 13.5. The maximum Gasteiger partial charge on any atom is 0.188 e. The van der Waals surface area contributed by atoms with E-state index < -0.39 is 0 Å². The Kier molecular flexibility index (Phi) is 5.36. The topological polar surface area (TPSA) is 37.8 Å². The average molecular weight is 273 g/mol. The molecule has 4 heteroatoms. The van der Waals surface area contributed by atoms with Gasteiger partial charge in [-0.25, -0.2) is 9.97 Å². The van der Waals surface area contributed by atoms with E-state index in [-0.39, 0.29) is 0 Å². The lowest BCUT2D eigenvalue weighted by Crippen LogP contribution is -2.16. The van der Waals surface area contributed by atoms with Crippen molar-refractivity contribution in [2.24, 2.45) is 0 Å². The number of nitrogens with zero attached hydrogens (tertiary/aromatic N) is 2. The molecule has 100 valence electrons. The molecule has 0 aliphatic rings. The highest BCUT2D eigenvalue weighted by atomic mass is 32.2. The van der Waals surface area contributed by atoms with Gasteiger partial charge in [-0.2, -0.15) is 0 Å². The number of rotatable bonds is 6. The molecule has 0 aliphatic heterocycles. The molecule has 0 atom stereocenters.